The first-order valence-corrected chi connectivity index (χ1v) is 16.8. The average Bonchev–Trinajstić information content (AvgIpc) is 3.55. The van der Waals surface area contributed by atoms with Crippen molar-refractivity contribution < 1.29 is 29.0 Å². The molecule has 2 amide bonds. The Morgan fingerprint density at radius 3 is 2.19 bits per heavy atom. The van der Waals surface area contributed by atoms with Crippen LogP contribution in [0.15, 0.2) is 6.07 Å². The number of rotatable bonds is 6. The average molecular weight is 615 g/mol. The predicted octanol–water partition coefficient (Wildman–Crippen LogP) is 7.34. The number of ether oxygens (including phenoxy) is 2. The zero-order chi connectivity index (χ0) is 31.5. The molecular formula is C34H50N2O6S. The molecule has 1 saturated heterocycles. The van der Waals surface area contributed by atoms with Crippen LogP contribution in [-0.4, -0.2) is 64.9 Å². The van der Waals surface area contributed by atoms with E-state index in [0.29, 0.717) is 29.6 Å². The van der Waals surface area contributed by atoms with Gasteiger partial charge >= 0.3 is 12.1 Å². The molecule has 4 rings (SSSR count). The molecule has 3 aliphatic rings. The van der Waals surface area contributed by atoms with Crippen molar-refractivity contribution in [1.82, 2.24) is 4.90 Å². The normalized spacial score (nSPS) is 26.4. The lowest BCUT2D eigenvalue weighted by Gasteiger charge is -2.40. The highest BCUT2D eigenvalue weighted by atomic mass is 32.1. The van der Waals surface area contributed by atoms with Crippen LogP contribution in [0.25, 0.3) is 0 Å². The van der Waals surface area contributed by atoms with E-state index in [4.69, 9.17) is 9.47 Å². The maximum Gasteiger partial charge on any atom is 0.410 e. The molecule has 3 fully saturated rings. The SMILES string of the molecule is CC(C)(C)C#Cc1cc(N(C(=O)[C@H]2CC[C@H](C)CC2)[C@H]2CC[C@H](O[C@H]3CCN(C(=O)OC(C)(C)C)C3)CC2)c(C(=O)O)s1. The molecule has 0 radical (unpaired) electrons. The molecule has 43 heavy (non-hydrogen) atoms. The topological polar surface area (TPSA) is 96.4 Å². The lowest BCUT2D eigenvalue weighted by atomic mass is 9.81. The summed E-state index contributed by atoms with van der Waals surface area (Å²) >= 11 is 1.16. The van der Waals surface area contributed by atoms with Crippen molar-refractivity contribution in [1.29, 1.82) is 0 Å². The third-order valence-corrected chi connectivity index (χ3v) is 9.55. The van der Waals surface area contributed by atoms with Gasteiger partial charge in [-0.15, -0.1) is 11.3 Å². The number of carboxylic acid groups (broad SMARTS) is 1. The van der Waals surface area contributed by atoms with Crippen LogP contribution >= 0.6 is 11.3 Å². The number of aromatic carboxylic acids is 1. The largest absolute Gasteiger partial charge is 0.477 e. The third-order valence-electron chi connectivity index (χ3n) is 8.52. The van der Waals surface area contributed by atoms with Crippen LogP contribution in [-0.2, 0) is 14.3 Å². The molecule has 1 aromatic heterocycles. The molecule has 0 unspecified atom stereocenters. The first kappa shape index (κ1) is 33.3. The fourth-order valence-electron chi connectivity index (χ4n) is 6.27. The van der Waals surface area contributed by atoms with Crippen LogP contribution in [0.5, 0.6) is 0 Å². The Balaban J connectivity index is 1.48. The Morgan fingerprint density at radius 1 is 0.953 bits per heavy atom. The van der Waals surface area contributed by atoms with Gasteiger partial charge < -0.3 is 24.4 Å². The van der Waals surface area contributed by atoms with Gasteiger partial charge in [0.2, 0.25) is 5.91 Å². The second-order valence-electron chi connectivity index (χ2n) is 14.7. The number of carbonyl (C=O) groups excluding carboxylic acids is 2. The van der Waals surface area contributed by atoms with Gasteiger partial charge in [-0.3, -0.25) is 4.79 Å². The van der Waals surface area contributed by atoms with Crippen molar-refractivity contribution in [3.63, 3.8) is 0 Å². The van der Waals surface area contributed by atoms with E-state index in [2.05, 4.69) is 18.8 Å². The fraction of sp³-hybridized carbons (Fsp3) is 0.735. The van der Waals surface area contributed by atoms with E-state index in [9.17, 15) is 19.5 Å². The number of thiophene rings is 1. The number of amides is 2. The van der Waals surface area contributed by atoms with Gasteiger partial charge in [0, 0.05) is 23.9 Å². The number of hydrogen-bond acceptors (Lipinski definition) is 6. The quantitative estimate of drug-likeness (QED) is 0.337. The lowest BCUT2D eigenvalue weighted by Crippen LogP contribution is -2.47. The van der Waals surface area contributed by atoms with Crippen LogP contribution in [0, 0.1) is 29.1 Å². The van der Waals surface area contributed by atoms with E-state index in [-0.39, 0.29) is 46.5 Å². The third kappa shape index (κ3) is 9.21. The number of likely N-dealkylation sites (tertiary alicyclic amines) is 1. The van der Waals surface area contributed by atoms with Crippen molar-refractivity contribution in [3.05, 3.63) is 15.8 Å². The Kier molecular flexibility index (Phi) is 10.5. The second-order valence-corrected chi connectivity index (χ2v) is 15.8. The summed E-state index contributed by atoms with van der Waals surface area (Å²) in [5, 5.41) is 10.2. The molecule has 0 bridgehead atoms. The molecule has 1 atom stereocenters. The molecule has 8 nitrogen and oxygen atoms in total. The monoisotopic (exact) mass is 614 g/mol. The van der Waals surface area contributed by atoms with E-state index in [1.54, 1.807) is 4.90 Å². The molecule has 9 heteroatoms. The molecule has 1 aliphatic heterocycles. The summed E-state index contributed by atoms with van der Waals surface area (Å²) in [7, 11) is 0. The highest BCUT2D eigenvalue weighted by Gasteiger charge is 2.39. The minimum Gasteiger partial charge on any atom is -0.477 e. The molecule has 2 heterocycles. The minimum atomic E-state index is -1.02. The van der Waals surface area contributed by atoms with Crippen LogP contribution in [0.1, 0.15) is 121 Å². The molecule has 2 aliphatic carbocycles. The minimum absolute atomic E-state index is 0.0320. The standard InChI is InChI=1S/C34H50N2O6S/c1-22-8-10-23(11-9-22)30(37)36(28-20-27(16-18-33(2,3)4)43-29(28)31(38)39)24-12-14-25(15-13-24)41-26-17-19-35(21-26)32(40)42-34(5,6)7/h20,22-26H,8-15,17,19,21H2,1-7H3,(H,38,39)/t22-,23-,24-,25-,26-/m0/s1. The number of hydrogen-bond donors (Lipinski definition) is 1. The Hall–Kier alpha value is -2.57. The lowest BCUT2D eigenvalue weighted by molar-refractivity contribution is -0.124. The van der Waals surface area contributed by atoms with Gasteiger partial charge in [-0.2, -0.15) is 0 Å². The molecule has 0 spiro atoms. The van der Waals surface area contributed by atoms with Gasteiger partial charge in [0.1, 0.15) is 10.5 Å². The van der Waals surface area contributed by atoms with Crippen molar-refractivity contribution in [2.45, 2.75) is 130 Å². The van der Waals surface area contributed by atoms with Crippen molar-refractivity contribution in [2.24, 2.45) is 17.3 Å². The number of nitrogens with zero attached hydrogens (tertiary/aromatic N) is 2. The molecule has 238 valence electrons. The molecule has 1 N–H and O–H groups in total. The van der Waals surface area contributed by atoms with Crippen molar-refractivity contribution in [3.8, 4) is 11.8 Å². The molecule has 1 aromatic rings. The first-order valence-electron chi connectivity index (χ1n) is 16.0. The summed E-state index contributed by atoms with van der Waals surface area (Å²) in [5.41, 5.74) is -0.257. The highest BCUT2D eigenvalue weighted by molar-refractivity contribution is 7.15. The van der Waals surface area contributed by atoms with Crippen LogP contribution in [0.4, 0.5) is 10.5 Å². The zero-order valence-corrected chi connectivity index (χ0v) is 27.8. The maximum atomic E-state index is 14.2. The summed E-state index contributed by atoms with van der Waals surface area (Å²) in [4.78, 5) is 43.5. The van der Waals surface area contributed by atoms with E-state index < -0.39 is 11.6 Å². The van der Waals surface area contributed by atoms with E-state index in [1.165, 1.54) is 0 Å². The van der Waals surface area contributed by atoms with Crippen LogP contribution in [0.2, 0.25) is 0 Å². The summed E-state index contributed by atoms with van der Waals surface area (Å²) < 4.78 is 12.0. The van der Waals surface area contributed by atoms with E-state index in [1.807, 2.05) is 52.5 Å². The second kappa shape index (κ2) is 13.6. The molecular weight excluding hydrogens is 564 g/mol. The highest BCUT2D eigenvalue weighted by Crippen LogP contribution is 2.39. The Labute approximate surface area is 261 Å². The molecule has 2 saturated carbocycles. The first-order chi connectivity index (χ1) is 20.1. The van der Waals surface area contributed by atoms with E-state index in [0.717, 1.165) is 69.1 Å². The summed E-state index contributed by atoms with van der Waals surface area (Å²) in [6.45, 7) is 15.0. The number of anilines is 1. The van der Waals surface area contributed by atoms with Gasteiger partial charge in [0.15, 0.2) is 0 Å². The number of carbonyl (C=O) groups is 3. The summed E-state index contributed by atoms with van der Waals surface area (Å²) in [5.74, 6) is 5.93. The van der Waals surface area contributed by atoms with Crippen LogP contribution in [0.3, 0.4) is 0 Å². The van der Waals surface area contributed by atoms with Gasteiger partial charge in [-0.1, -0.05) is 18.8 Å². The zero-order valence-electron chi connectivity index (χ0n) is 27.0. The van der Waals surface area contributed by atoms with Gasteiger partial charge in [0.25, 0.3) is 0 Å². The van der Waals surface area contributed by atoms with Crippen molar-refractivity contribution in [2.75, 3.05) is 18.0 Å². The summed E-state index contributed by atoms with van der Waals surface area (Å²) in [6.07, 6.45) is 7.24. The maximum absolute atomic E-state index is 14.2. The van der Waals surface area contributed by atoms with E-state index >= 15 is 0 Å². The van der Waals surface area contributed by atoms with Gasteiger partial charge in [-0.05, 0) is 111 Å². The number of carboxylic acids is 1. The smallest absolute Gasteiger partial charge is 0.410 e. The Morgan fingerprint density at radius 2 is 1.60 bits per heavy atom. The fourth-order valence-corrected chi connectivity index (χ4v) is 7.11. The summed E-state index contributed by atoms with van der Waals surface area (Å²) in [6, 6.07) is 1.73. The molecule has 0 aromatic carbocycles. The van der Waals surface area contributed by atoms with Gasteiger partial charge in [0.05, 0.1) is 29.3 Å². The van der Waals surface area contributed by atoms with Crippen molar-refractivity contribution >= 4 is 35.0 Å². The van der Waals surface area contributed by atoms with Gasteiger partial charge in [-0.25, -0.2) is 9.59 Å². The predicted molar refractivity (Wildman–Crippen MR) is 170 cm³/mol. The van der Waals surface area contributed by atoms with Crippen LogP contribution < -0.4 is 4.90 Å². The Bertz CT molecular complexity index is 1220.